The number of thioether (sulfide) groups is 1. The molecule has 2 aliphatic rings. The maximum atomic E-state index is 13.5. The van der Waals surface area contributed by atoms with Gasteiger partial charge in [0.2, 0.25) is 5.91 Å². The topological polar surface area (TPSA) is 115 Å². The van der Waals surface area contributed by atoms with Gasteiger partial charge in [0.25, 0.3) is 0 Å². The highest BCUT2D eigenvalue weighted by atomic mass is 32.2. The van der Waals surface area contributed by atoms with Gasteiger partial charge in [-0.1, -0.05) is 12.1 Å². The normalized spacial score (nSPS) is 20.6. The van der Waals surface area contributed by atoms with Crippen molar-refractivity contribution in [2.24, 2.45) is 0 Å². The molecule has 0 spiro atoms. The van der Waals surface area contributed by atoms with E-state index < -0.39 is 28.6 Å². The van der Waals surface area contributed by atoms with Crippen molar-refractivity contribution in [2.75, 3.05) is 17.7 Å². The van der Waals surface area contributed by atoms with Crippen LogP contribution in [0.2, 0.25) is 0 Å². The largest absolute Gasteiger partial charge is 0.459 e. The summed E-state index contributed by atoms with van der Waals surface area (Å²) in [5, 5.41) is 3.07. The van der Waals surface area contributed by atoms with E-state index in [-0.39, 0.29) is 36.9 Å². The van der Waals surface area contributed by atoms with Gasteiger partial charge in [-0.05, 0) is 43.2 Å². The second-order valence-corrected chi connectivity index (χ2v) is 9.93. The van der Waals surface area contributed by atoms with Gasteiger partial charge in [0, 0.05) is 40.9 Å². The van der Waals surface area contributed by atoms with Crippen LogP contribution in [0.4, 0.5) is 14.9 Å². The highest BCUT2D eigenvalue weighted by Crippen LogP contribution is 2.54. The van der Waals surface area contributed by atoms with Crippen LogP contribution in [-0.2, 0) is 30.5 Å². The fraction of sp³-hybridized carbons (Fsp3) is 0.308. The number of nitrogens with zero attached hydrogens (tertiary/aromatic N) is 1. The Bertz CT molecular complexity index is 1440. The fourth-order valence-electron chi connectivity index (χ4n) is 4.79. The van der Waals surface area contributed by atoms with Crippen LogP contribution in [0.25, 0.3) is 11.0 Å². The summed E-state index contributed by atoms with van der Waals surface area (Å²) in [7, 11) is 0. The van der Waals surface area contributed by atoms with Gasteiger partial charge < -0.3 is 18.8 Å². The molecule has 11 heteroatoms. The summed E-state index contributed by atoms with van der Waals surface area (Å²) in [6.45, 7) is 1.68. The summed E-state index contributed by atoms with van der Waals surface area (Å²) in [4.78, 5) is 50.6. The minimum atomic E-state index is -0.809. The summed E-state index contributed by atoms with van der Waals surface area (Å²) in [5.74, 6) is -0.793. The summed E-state index contributed by atoms with van der Waals surface area (Å²) >= 11 is 1.47. The van der Waals surface area contributed by atoms with E-state index in [1.807, 2.05) is 0 Å². The smallest absolute Gasteiger partial charge is 0.411 e. The van der Waals surface area contributed by atoms with E-state index in [9.17, 15) is 23.6 Å². The summed E-state index contributed by atoms with van der Waals surface area (Å²) in [6, 6.07) is 11.1. The second kappa shape index (κ2) is 9.89. The first-order chi connectivity index (χ1) is 17.8. The van der Waals surface area contributed by atoms with Crippen molar-refractivity contribution in [3.63, 3.8) is 0 Å². The Labute approximate surface area is 214 Å². The number of carbonyl (C=O) groups is 3. The number of hydrogen-bond donors (Lipinski definition) is 1. The summed E-state index contributed by atoms with van der Waals surface area (Å²) < 4.78 is 29.2. The maximum absolute atomic E-state index is 13.5. The minimum Gasteiger partial charge on any atom is -0.459 e. The third kappa shape index (κ3) is 4.66. The second-order valence-electron chi connectivity index (χ2n) is 8.64. The zero-order valence-electron chi connectivity index (χ0n) is 19.8. The summed E-state index contributed by atoms with van der Waals surface area (Å²) in [5.41, 5.74) is 1.11. The molecule has 0 radical (unpaired) electrons. The molecular formula is C26H23FN2O7S. The zero-order valence-corrected chi connectivity index (χ0v) is 20.6. The lowest BCUT2D eigenvalue weighted by Gasteiger charge is -2.33. The maximum Gasteiger partial charge on any atom is 0.411 e. The monoisotopic (exact) mass is 526 g/mol. The van der Waals surface area contributed by atoms with E-state index in [0.29, 0.717) is 28.8 Å². The summed E-state index contributed by atoms with van der Waals surface area (Å²) in [6.07, 6.45) is 0.149. The molecule has 2 aromatic carbocycles. The number of ether oxygens (including phenoxy) is 2. The van der Waals surface area contributed by atoms with Gasteiger partial charge in [-0.2, -0.15) is 0 Å². The quantitative estimate of drug-likeness (QED) is 0.377. The number of rotatable bonds is 6. The third-order valence-electron chi connectivity index (χ3n) is 6.42. The van der Waals surface area contributed by atoms with Crippen LogP contribution < -0.4 is 10.9 Å². The molecule has 37 heavy (non-hydrogen) atoms. The molecule has 0 aliphatic carbocycles. The molecule has 2 aliphatic heterocycles. The Morgan fingerprint density at radius 2 is 1.95 bits per heavy atom. The van der Waals surface area contributed by atoms with Crippen molar-refractivity contribution < 1.29 is 32.7 Å². The number of fused-ring (bicyclic) bond motifs is 2. The molecule has 2 atom stereocenters. The van der Waals surface area contributed by atoms with Gasteiger partial charge in [-0.15, -0.1) is 11.8 Å². The van der Waals surface area contributed by atoms with Gasteiger partial charge in [-0.25, -0.2) is 18.8 Å². The van der Waals surface area contributed by atoms with Crippen LogP contribution >= 0.6 is 11.8 Å². The number of anilines is 1. The van der Waals surface area contributed by atoms with E-state index in [1.54, 1.807) is 36.1 Å². The predicted octanol–water partition coefficient (Wildman–Crippen LogP) is 4.13. The first kappa shape index (κ1) is 24.8. The number of benzene rings is 2. The molecule has 9 nitrogen and oxygen atoms in total. The van der Waals surface area contributed by atoms with Crippen LogP contribution in [0.15, 0.2) is 57.7 Å². The van der Waals surface area contributed by atoms with Crippen LogP contribution in [0.1, 0.15) is 30.9 Å². The van der Waals surface area contributed by atoms with Crippen LogP contribution in [0.5, 0.6) is 0 Å². The molecule has 0 unspecified atom stereocenters. The molecule has 2 amide bonds. The average molecular weight is 527 g/mol. The van der Waals surface area contributed by atoms with Gasteiger partial charge in [0.15, 0.2) is 0 Å². The van der Waals surface area contributed by atoms with E-state index in [4.69, 9.17) is 13.9 Å². The molecule has 3 aromatic rings. The molecule has 5 rings (SSSR count). The van der Waals surface area contributed by atoms with E-state index in [0.717, 1.165) is 5.56 Å². The lowest BCUT2D eigenvalue weighted by Crippen LogP contribution is -2.46. The SMILES string of the molecule is CCOC(=O)Nc1ccc2c(COC(=O)[C@H]3CS[C@@]4(c5ccc(F)cc5)CCC(=O)N34)cc(=O)oc2c1. The number of carbonyl (C=O) groups excluding carboxylic acids is 3. The number of esters is 1. The Balaban J connectivity index is 1.34. The Morgan fingerprint density at radius 3 is 2.70 bits per heavy atom. The van der Waals surface area contributed by atoms with E-state index >= 15 is 0 Å². The number of nitrogens with one attached hydrogen (secondary N) is 1. The van der Waals surface area contributed by atoms with Gasteiger partial charge in [0.1, 0.15) is 28.9 Å². The van der Waals surface area contributed by atoms with Crippen LogP contribution in [-0.4, -0.2) is 41.3 Å². The zero-order chi connectivity index (χ0) is 26.2. The number of amides is 2. The molecule has 0 saturated carbocycles. The van der Waals surface area contributed by atoms with Crippen molar-refractivity contribution in [3.05, 3.63) is 75.9 Å². The first-order valence-electron chi connectivity index (χ1n) is 11.7. The van der Waals surface area contributed by atoms with Crippen molar-refractivity contribution in [1.29, 1.82) is 0 Å². The molecule has 1 aromatic heterocycles. The molecule has 0 bridgehead atoms. The van der Waals surface area contributed by atoms with Gasteiger partial charge in [0.05, 0.1) is 6.61 Å². The average Bonchev–Trinajstić information content (AvgIpc) is 3.41. The highest BCUT2D eigenvalue weighted by molar-refractivity contribution is 8.00. The van der Waals surface area contributed by atoms with Crippen molar-refractivity contribution in [1.82, 2.24) is 4.90 Å². The standard InChI is InChI=1S/C26H23FN2O7S/c1-2-34-25(33)28-18-7-8-19-15(11-23(31)36-21(19)12-18)13-35-24(32)20-14-37-26(10-9-22(30)29(20)26)16-3-5-17(27)6-4-16/h3-8,11-12,20H,2,9-10,13-14H2,1H3,(H,28,33)/t20-,26-/m1/s1. The molecule has 2 saturated heterocycles. The van der Waals surface area contributed by atoms with Crippen LogP contribution in [0.3, 0.4) is 0 Å². The van der Waals surface area contributed by atoms with Gasteiger partial charge >= 0.3 is 17.7 Å². The predicted molar refractivity (Wildman–Crippen MR) is 133 cm³/mol. The fourth-order valence-corrected chi connectivity index (χ4v) is 6.42. The van der Waals surface area contributed by atoms with E-state index in [2.05, 4.69) is 5.32 Å². The third-order valence-corrected chi connectivity index (χ3v) is 8.01. The Kier molecular flexibility index (Phi) is 6.63. The number of halogens is 1. The molecule has 1 N–H and O–H groups in total. The lowest BCUT2D eigenvalue weighted by molar-refractivity contribution is -0.155. The molecule has 192 valence electrons. The Hall–Kier alpha value is -3.86. The minimum absolute atomic E-state index is 0.163. The van der Waals surface area contributed by atoms with E-state index in [1.165, 1.54) is 36.0 Å². The van der Waals surface area contributed by atoms with Crippen molar-refractivity contribution in [2.45, 2.75) is 37.3 Å². The van der Waals surface area contributed by atoms with Crippen molar-refractivity contribution >= 4 is 46.4 Å². The Morgan fingerprint density at radius 1 is 1.16 bits per heavy atom. The van der Waals surface area contributed by atoms with Crippen LogP contribution in [0, 0.1) is 5.82 Å². The molecular weight excluding hydrogens is 503 g/mol. The molecule has 2 fully saturated rings. The highest BCUT2D eigenvalue weighted by Gasteiger charge is 2.57. The first-order valence-corrected chi connectivity index (χ1v) is 12.7. The number of hydrogen-bond acceptors (Lipinski definition) is 8. The lowest BCUT2D eigenvalue weighted by atomic mass is 10.0. The van der Waals surface area contributed by atoms with Gasteiger partial charge in [-0.3, -0.25) is 10.1 Å². The van der Waals surface area contributed by atoms with Crippen molar-refractivity contribution in [3.8, 4) is 0 Å². The molecule has 3 heterocycles.